The number of hydrogen-bond donors (Lipinski definition) is 0. The van der Waals surface area contributed by atoms with Gasteiger partial charge in [0.25, 0.3) is 5.91 Å². The molecule has 1 fully saturated rings. The summed E-state index contributed by atoms with van der Waals surface area (Å²) in [5, 5.41) is 12.6. The maximum atomic E-state index is 13.9. The number of carbonyl (C=O) groups excluding carboxylic acids is 1. The number of halogens is 1. The highest BCUT2D eigenvalue weighted by atomic mass is 19.1. The van der Waals surface area contributed by atoms with E-state index in [-0.39, 0.29) is 11.7 Å². The fourth-order valence-corrected chi connectivity index (χ4v) is 3.13. The predicted octanol–water partition coefficient (Wildman–Crippen LogP) is 1.77. The third-order valence-corrected chi connectivity index (χ3v) is 4.67. The summed E-state index contributed by atoms with van der Waals surface area (Å²) in [5.74, 6) is 0.780. The molecule has 9 heteroatoms. The van der Waals surface area contributed by atoms with Gasteiger partial charge in [0.2, 0.25) is 0 Å². The van der Waals surface area contributed by atoms with Gasteiger partial charge < -0.3 is 14.5 Å². The summed E-state index contributed by atoms with van der Waals surface area (Å²) in [5.41, 5.74) is 0.315. The van der Waals surface area contributed by atoms with Gasteiger partial charge in [0.15, 0.2) is 23.2 Å². The molecule has 1 aliphatic heterocycles. The Bertz CT molecular complexity index is 953. The molecule has 2 aromatic heterocycles. The topological polar surface area (TPSA) is 76.4 Å². The summed E-state index contributed by atoms with van der Waals surface area (Å²) in [6, 6.07) is 9.83. The molecule has 4 rings (SSSR count). The van der Waals surface area contributed by atoms with Gasteiger partial charge in [0.05, 0.1) is 7.11 Å². The summed E-state index contributed by atoms with van der Waals surface area (Å²) in [6.45, 7) is 2.30. The Kier molecular flexibility index (Phi) is 4.88. The van der Waals surface area contributed by atoms with Crippen LogP contribution in [0.5, 0.6) is 5.75 Å². The fraction of sp³-hybridized carbons (Fsp3) is 0.263. The van der Waals surface area contributed by atoms with E-state index in [9.17, 15) is 9.18 Å². The highest BCUT2D eigenvalue weighted by molar-refractivity contribution is 5.94. The molecule has 0 bridgehead atoms. The maximum absolute atomic E-state index is 13.9. The first-order chi connectivity index (χ1) is 13.7. The first kappa shape index (κ1) is 17.9. The number of nitrogens with zero attached hydrogens (tertiary/aromatic N) is 6. The van der Waals surface area contributed by atoms with Crippen LogP contribution in [-0.2, 0) is 0 Å². The molecule has 1 aromatic carbocycles. The molecule has 3 heterocycles. The zero-order valence-corrected chi connectivity index (χ0v) is 15.3. The zero-order chi connectivity index (χ0) is 19.5. The molecular formula is C19H19FN6O2. The van der Waals surface area contributed by atoms with Crippen LogP contribution in [0.1, 0.15) is 10.4 Å². The lowest BCUT2D eigenvalue weighted by Crippen LogP contribution is -2.49. The van der Waals surface area contributed by atoms with E-state index in [0.717, 1.165) is 5.82 Å². The van der Waals surface area contributed by atoms with Crippen LogP contribution in [0.4, 0.5) is 10.2 Å². The smallest absolute Gasteiger partial charge is 0.254 e. The normalized spacial score (nSPS) is 14.2. The number of amides is 1. The van der Waals surface area contributed by atoms with Crippen molar-refractivity contribution in [2.45, 2.75) is 0 Å². The Morgan fingerprint density at radius 3 is 2.43 bits per heavy atom. The average Bonchev–Trinajstić information content (AvgIpc) is 3.28. The lowest BCUT2D eigenvalue weighted by atomic mass is 10.1. The van der Waals surface area contributed by atoms with Crippen LogP contribution in [0.2, 0.25) is 0 Å². The Balaban J connectivity index is 1.39. The Morgan fingerprint density at radius 1 is 1.07 bits per heavy atom. The van der Waals surface area contributed by atoms with Gasteiger partial charge in [0, 0.05) is 44.1 Å². The van der Waals surface area contributed by atoms with Gasteiger partial charge in [-0.25, -0.2) is 9.07 Å². The third-order valence-electron chi connectivity index (χ3n) is 4.67. The van der Waals surface area contributed by atoms with Gasteiger partial charge in [0.1, 0.15) is 0 Å². The van der Waals surface area contributed by atoms with Gasteiger partial charge >= 0.3 is 0 Å². The number of anilines is 1. The minimum Gasteiger partial charge on any atom is -0.494 e. The van der Waals surface area contributed by atoms with E-state index in [1.165, 1.54) is 19.2 Å². The van der Waals surface area contributed by atoms with Crippen LogP contribution in [0, 0.1) is 5.82 Å². The highest BCUT2D eigenvalue weighted by Crippen LogP contribution is 2.20. The molecule has 8 nitrogen and oxygen atoms in total. The second-order valence-electron chi connectivity index (χ2n) is 6.33. The van der Waals surface area contributed by atoms with Crippen LogP contribution in [0.3, 0.4) is 0 Å². The summed E-state index contributed by atoms with van der Waals surface area (Å²) in [4.78, 5) is 16.4. The number of methoxy groups -OCH3 is 1. The Labute approximate surface area is 161 Å². The maximum Gasteiger partial charge on any atom is 0.254 e. The fourth-order valence-electron chi connectivity index (χ4n) is 3.13. The van der Waals surface area contributed by atoms with E-state index in [1.54, 1.807) is 28.0 Å². The summed E-state index contributed by atoms with van der Waals surface area (Å²) >= 11 is 0. The lowest BCUT2D eigenvalue weighted by molar-refractivity contribution is 0.0746. The standard InChI is InChI=1S/C19H19FN6O2/c1-28-16-4-3-14(13-15(16)20)19(27)25-11-9-24(10-12-25)17-5-6-18(23-22-17)26-8-2-7-21-26/h2-8,13H,9-12H2,1H3. The van der Waals surface area contributed by atoms with Crippen LogP contribution >= 0.6 is 0 Å². The molecule has 28 heavy (non-hydrogen) atoms. The van der Waals surface area contributed by atoms with E-state index >= 15 is 0 Å². The van der Waals surface area contributed by atoms with Gasteiger partial charge in [-0.05, 0) is 36.4 Å². The minimum absolute atomic E-state index is 0.124. The van der Waals surface area contributed by atoms with Crippen molar-refractivity contribution in [3.8, 4) is 11.6 Å². The third kappa shape index (κ3) is 3.51. The van der Waals surface area contributed by atoms with Crippen molar-refractivity contribution in [3.05, 3.63) is 60.2 Å². The zero-order valence-electron chi connectivity index (χ0n) is 15.3. The minimum atomic E-state index is -0.542. The number of benzene rings is 1. The second kappa shape index (κ2) is 7.63. The van der Waals surface area contributed by atoms with E-state index in [0.29, 0.717) is 37.6 Å². The lowest BCUT2D eigenvalue weighted by Gasteiger charge is -2.35. The number of aromatic nitrogens is 4. The Morgan fingerprint density at radius 2 is 1.82 bits per heavy atom. The number of carbonyl (C=O) groups is 1. The molecule has 3 aromatic rings. The second-order valence-corrected chi connectivity index (χ2v) is 6.33. The van der Waals surface area contributed by atoms with Crippen molar-refractivity contribution in [2.24, 2.45) is 0 Å². The Hall–Kier alpha value is -3.49. The van der Waals surface area contributed by atoms with E-state index < -0.39 is 5.82 Å². The molecule has 0 saturated carbocycles. The molecule has 144 valence electrons. The molecule has 0 atom stereocenters. The number of hydrogen-bond acceptors (Lipinski definition) is 6. The van der Waals surface area contributed by atoms with Crippen LogP contribution < -0.4 is 9.64 Å². The predicted molar refractivity (Wildman–Crippen MR) is 100 cm³/mol. The van der Waals surface area contributed by atoms with Crippen molar-refractivity contribution < 1.29 is 13.9 Å². The van der Waals surface area contributed by atoms with Crippen molar-refractivity contribution in [1.82, 2.24) is 24.9 Å². The molecule has 0 unspecified atom stereocenters. The molecule has 0 radical (unpaired) electrons. The highest BCUT2D eigenvalue weighted by Gasteiger charge is 2.24. The van der Waals surface area contributed by atoms with Gasteiger partial charge in [-0.3, -0.25) is 4.79 Å². The quantitative estimate of drug-likeness (QED) is 0.685. The van der Waals surface area contributed by atoms with Crippen LogP contribution in [-0.4, -0.2) is 64.1 Å². The van der Waals surface area contributed by atoms with Crippen molar-refractivity contribution in [2.75, 3.05) is 38.2 Å². The van der Waals surface area contributed by atoms with E-state index in [2.05, 4.69) is 20.2 Å². The van der Waals surface area contributed by atoms with Crippen molar-refractivity contribution in [3.63, 3.8) is 0 Å². The van der Waals surface area contributed by atoms with E-state index in [4.69, 9.17) is 4.74 Å². The molecule has 1 saturated heterocycles. The number of rotatable bonds is 4. The molecule has 0 aliphatic carbocycles. The van der Waals surface area contributed by atoms with Crippen LogP contribution in [0.25, 0.3) is 5.82 Å². The van der Waals surface area contributed by atoms with Gasteiger partial charge in [-0.1, -0.05) is 0 Å². The van der Waals surface area contributed by atoms with Crippen molar-refractivity contribution >= 4 is 11.7 Å². The SMILES string of the molecule is COc1ccc(C(=O)N2CCN(c3ccc(-n4cccn4)nn3)CC2)cc1F. The molecule has 1 amide bonds. The van der Waals surface area contributed by atoms with Gasteiger partial charge in [-0.2, -0.15) is 5.10 Å². The molecule has 1 aliphatic rings. The molecular weight excluding hydrogens is 363 g/mol. The average molecular weight is 382 g/mol. The monoisotopic (exact) mass is 382 g/mol. The first-order valence-electron chi connectivity index (χ1n) is 8.87. The largest absolute Gasteiger partial charge is 0.494 e. The first-order valence-corrected chi connectivity index (χ1v) is 8.87. The van der Waals surface area contributed by atoms with Crippen molar-refractivity contribution in [1.29, 1.82) is 0 Å². The number of ether oxygens (including phenoxy) is 1. The van der Waals surface area contributed by atoms with E-state index in [1.807, 2.05) is 18.2 Å². The number of piperazine rings is 1. The molecule has 0 N–H and O–H groups in total. The molecule has 0 spiro atoms. The summed E-state index contributed by atoms with van der Waals surface area (Å²) < 4.78 is 20.4. The summed E-state index contributed by atoms with van der Waals surface area (Å²) in [6.07, 6.45) is 3.48. The van der Waals surface area contributed by atoms with Crippen LogP contribution in [0.15, 0.2) is 48.8 Å². The van der Waals surface area contributed by atoms with Gasteiger partial charge in [-0.15, -0.1) is 10.2 Å². The summed E-state index contributed by atoms with van der Waals surface area (Å²) in [7, 11) is 1.39.